The molecule has 1 atom stereocenters. The largest absolute Gasteiger partial charge is 0.360 e. The number of hydrogen-bond acceptors (Lipinski definition) is 3. The smallest absolute Gasteiger partial charge is 0.130 e. The first-order valence-corrected chi connectivity index (χ1v) is 6.61. The molecule has 1 aliphatic rings. The summed E-state index contributed by atoms with van der Waals surface area (Å²) < 4.78 is 0. The number of nitrogens with one attached hydrogen (secondary N) is 2. The van der Waals surface area contributed by atoms with Crippen LogP contribution in [0.3, 0.4) is 0 Å². The van der Waals surface area contributed by atoms with Crippen molar-refractivity contribution >= 4 is 0 Å². The fraction of sp³-hybridized carbons (Fsp3) is 0.429. The van der Waals surface area contributed by atoms with Gasteiger partial charge in [-0.15, -0.1) is 0 Å². The third-order valence-electron chi connectivity index (χ3n) is 3.42. The molecule has 0 saturated carbocycles. The van der Waals surface area contributed by atoms with Crippen molar-refractivity contribution < 1.29 is 0 Å². The molecule has 0 radical (unpaired) electrons. The van der Waals surface area contributed by atoms with E-state index in [1.165, 1.54) is 19.3 Å². The van der Waals surface area contributed by atoms with Crippen LogP contribution < -0.4 is 5.32 Å². The molecule has 3 rings (SSSR count). The molecule has 4 nitrogen and oxygen atoms in total. The molecule has 94 valence electrons. The SMILES string of the molecule is c1c[nH]c(-c2ccnc(CC3CCCCN3)n2)c1. The Morgan fingerprint density at radius 3 is 3.06 bits per heavy atom. The Kier molecular flexibility index (Phi) is 3.37. The molecule has 2 aromatic rings. The Balaban J connectivity index is 1.74. The number of rotatable bonds is 3. The molecule has 18 heavy (non-hydrogen) atoms. The van der Waals surface area contributed by atoms with Gasteiger partial charge in [0.15, 0.2) is 0 Å². The van der Waals surface area contributed by atoms with Gasteiger partial charge in [-0.1, -0.05) is 6.42 Å². The van der Waals surface area contributed by atoms with Crippen molar-refractivity contribution in [1.82, 2.24) is 20.3 Å². The number of aromatic nitrogens is 3. The van der Waals surface area contributed by atoms with Gasteiger partial charge in [0.2, 0.25) is 0 Å². The van der Waals surface area contributed by atoms with Gasteiger partial charge in [-0.05, 0) is 37.6 Å². The average molecular weight is 242 g/mol. The number of piperidine rings is 1. The zero-order valence-corrected chi connectivity index (χ0v) is 10.4. The van der Waals surface area contributed by atoms with Gasteiger partial charge in [0.05, 0.1) is 11.4 Å². The third-order valence-corrected chi connectivity index (χ3v) is 3.42. The summed E-state index contributed by atoms with van der Waals surface area (Å²) in [5.41, 5.74) is 2.02. The molecule has 2 N–H and O–H groups in total. The molecule has 2 aromatic heterocycles. The number of H-pyrrole nitrogens is 1. The van der Waals surface area contributed by atoms with Crippen LogP contribution in [0.25, 0.3) is 11.4 Å². The molecular weight excluding hydrogens is 224 g/mol. The van der Waals surface area contributed by atoms with Crippen molar-refractivity contribution in [3.63, 3.8) is 0 Å². The highest BCUT2D eigenvalue weighted by molar-refractivity contribution is 5.53. The van der Waals surface area contributed by atoms with E-state index in [2.05, 4.69) is 20.3 Å². The molecule has 0 amide bonds. The van der Waals surface area contributed by atoms with Crippen LogP contribution in [0.15, 0.2) is 30.6 Å². The van der Waals surface area contributed by atoms with Crippen LogP contribution in [0.2, 0.25) is 0 Å². The van der Waals surface area contributed by atoms with Crippen LogP contribution in [0.4, 0.5) is 0 Å². The summed E-state index contributed by atoms with van der Waals surface area (Å²) in [5, 5.41) is 3.53. The van der Waals surface area contributed by atoms with Crippen molar-refractivity contribution in [2.24, 2.45) is 0 Å². The van der Waals surface area contributed by atoms with E-state index in [0.717, 1.165) is 30.2 Å². The van der Waals surface area contributed by atoms with Gasteiger partial charge < -0.3 is 10.3 Å². The second-order valence-corrected chi connectivity index (χ2v) is 4.79. The van der Waals surface area contributed by atoms with Crippen LogP contribution in [0.1, 0.15) is 25.1 Å². The summed E-state index contributed by atoms with van der Waals surface area (Å²) in [5.74, 6) is 0.932. The highest BCUT2D eigenvalue weighted by Gasteiger charge is 2.14. The first kappa shape index (κ1) is 11.4. The predicted octanol–water partition coefficient (Wildman–Crippen LogP) is 2.16. The lowest BCUT2D eigenvalue weighted by molar-refractivity contribution is 0.394. The highest BCUT2D eigenvalue weighted by Crippen LogP contribution is 2.15. The van der Waals surface area contributed by atoms with Crippen LogP contribution in [-0.4, -0.2) is 27.5 Å². The van der Waals surface area contributed by atoms with Crippen molar-refractivity contribution in [2.45, 2.75) is 31.7 Å². The summed E-state index contributed by atoms with van der Waals surface area (Å²) >= 11 is 0. The lowest BCUT2D eigenvalue weighted by Gasteiger charge is -2.22. The van der Waals surface area contributed by atoms with E-state index < -0.39 is 0 Å². The first-order chi connectivity index (χ1) is 8.92. The first-order valence-electron chi connectivity index (χ1n) is 6.61. The zero-order valence-electron chi connectivity index (χ0n) is 10.4. The Hall–Kier alpha value is -1.68. The quantitative estimate of drug-likeness (QED) is 0.867. The van der Waals surface area contributed by atoms with E-state index in [4.69, 9.17) is 0 Å². The lowest BCUT2D eigenvalue weighted by Crippen LogP contribution is -2.36. The van der Waals surface area contributed by atoms with Gasteiger partial charge >= 0.3 is 0 Å². The average Bonchev–Trinajstić information content (AvgIpc) is 2.94. The van der Waals surface area contributed by atoms with Crippen molar-refractivity contribution in [2.75, 3.05) is 6.54 Å². The van der Waals surface area contributed by atoms with Gasteiger partial charge in [0.1, 0.15) is 5.82 Å². The summed E-state index contributed by atoms with van der Waals surface area (Å²) in [4.78, 5) is 12.2. The molecule has 0 aliphatic carbocycles. The molecular formula is C14H18N4. The molecule has 1 aliphatic heterocycles. The van der Waals surface area contributed by atoms with E-state index in [1.807, 2.05) is 30.6 Å². The maximum atomic E-state index is 4.63. The molecule has 4 heteroatoms. The predicted molar refractivity (Wildman–Crippen MR) is 71.2 cm³/mol. The van der Waals surface area contributed by atoms with Gasteiger partial charge in [-0.25, -0.2) is 9.97 Å². The van der Waals surface area contributed by atoms with Gasteiger partial charge in [-0.2, -0.15) is 0 Å². The summed E-state index contributed by atoms with van der Waals surface area (Å²) in [6.45, 7) is 1.13. The highest BCUT2D eigenvalue weighted by atomic mass is 14.9. The monoisotopic (exact) mass is 242 g/mol. The van der Waals surface area contributed by atoms with E-state index in [1.54, 1.807) is 0 Å². The van der Waals surface area contributed by atoms with Gasteiger partial charge in [0.25, 0.3) is 0 Å². The molecule has 1 unspecified atom stereocenters. The Bertz CT molecular complexity index is 486. The zero-order chi connectivity index (χ0) is 12.2. The lowest BCUT2D eigenvalue weighted by atomic mass is 10.0. The summed E-state index contributed by atoms with van der Waals surface area (Å²) in [7, 11) is 0. The second kappa shape index (κ2) is 5.31. The van der Waals surface area contributed by atoms with E-state index in [0.29, 0.717) is 6.04 Å². The Labute approximate surface area is 107 Å². The van der Waals surface area contributed by atoms with E-state index in [9.17, 15) is 0 Å². The standard InChI is InChI=1S/C14H18N4/c1-2-7-15-11(4-1)10-14-17-9-6-13(18-14)12-5-3-8-16-12/h3,5-6,8-9,11,15-16H,1-2,4,7,10H2. The van der Waals surface area contributed by atoms with Crippen LogP contribution >= 0.6 is 0 Å². The molecule has 3 heterocycles. The van der Waals surface area contributed by atoms with E-state index in [-0.39, 0.29) is 0 Å². The topological polar surface area (TPSA) is 53.6 Å². The van der Waals surface area contributed by atoms with Crippen molar-refractivity contribution in [3.8, 4) is 11.4 Å². The second-order valence-electron chi connectivity index (χ2n) is 4.79. The minimum atomic E-state index is 0.539. The van der Waals surface area contributed by atoms with Crippen molar-refractivity contribution in [1.29, 1.82) is 0 Å². The van der Waals surface area contributed by atoms with Crippen LogP contribution in [0, 0.1) is 0 Å². The molecule has 0 bridgehead atoms. The fourth-order valence-electron chi connectivity index (χ4n) is 2.46. The third kappa shape index (κ3) is 2.59. The maximum absolute atomic E-state index is 4.63. The maximum Gasteiger partial charge on any atom is 0.130 e. The van der Waals surface area contributed by atoms with Gasteiger partial charge in [-0.3, -0.25) is 0 Å². The molecule has 0 spiro atoms. The number of nitrogens with zero attached hydrogens (tertiary/aromatic N) is 2. The van der Waals surface area contributed by atoms with Crippen LogP contribution in [0.5, 0.6) is 0 Å². The molecule has 1 saturated heterocycles. The van der Waals surface area contributed by atoms with Gasteiger partial charge in [0, 0.05) is 24.9 Å². The summed E-state index contributed by atoms with van der Waals surface area (Å²) in [6, 6.07) is 6.51. The molecule has 0 aromatic carbocycles. The summed E-state index contributed by atoms with van der Waals surface area (Å²) in [6.07, 6.45) is 8.53. The number of hydrogen-bond donors (Lipinski definition) is 2. The Morgan fingerprint density at radius 2 is 2.28 bits per heavy atom. The van der Waals surface area contributed by atoms with E-state index >= 15 is 0 Å². The van der Waals surface area contributed by atoms with Crippen LogP contribution in [-0.2, 0) is 6.42 Å². The molecule has 1 fully saturated rings. The minimum Gasteiger partial charge on any atom is -0.360 e. The number of aromatic amines is 1. The fourth-order valence-corrected chi connectivity index (χ4v) is 2.46. The van der Waals surface area contributed by atoms with Crippen molar-refractivity contribution in [3.05, 3.63) is 36.4 Å². The minimum absolute atomic E-state index is 0.539. The Morgan fingerprint density at radius 1 is 1.28 bits per heavy atom. The normalized spacial score (nSPS) is 19.9.